The molecule has 0 spiro atoms. The molecule has 0 bridgehead atoms. The molecule has 0 atom stereocenters. The smallest absolute Gasteiger partial charge is 0.345 e. The quantitative estimate of drug-likeness (QED) is 0.0628. The van der Waals surface area contributed by atoms with Gasteiger partial charge in [-0.2, -0.15) is 25.5 Å². The van der Waals surface area contributed by atoms with Gasteiger partial charge in [0.25, 0.3) is 11.8 Å². The van der Waals surface area contributed by atoms with E-state index in [2.05, 4.69) is 215 Å². The maximum Gasteiger partial charge on any atom is 0.345 e. The number of furan rings is 1. The highest BCUT2D eigenvalue weighted by Crippen LogP contribution is 2.42. The number of aromatic nitrogens is 10. The summed E-state index contributed by atoms with van der Waals surface area (Å²) in [7, 11) is 5.76. The molecule has 22 rings (SSSR count). The van der Waals surface area contributed by atoms with Gasteiger partial charge in [-0.15, -0.1) is 56.7 Å². The molecule has 24 heteroatoms. The van der Waals surface area contributed by atoms with Crippen LogP contribution >= 0.6 is 56.7 Å². The van der Waals surface area contributed by atoms with Gasteiger partial charge in [0.05, 0.1) is 46.2 Å². The van der Waals surface area contributed by atoms with E-state index in [1.54, 1.807) is 34.4 Å². The minimum Gasteiger partial charge on any atom is -0.477 e. The third kappa shape index (κ3) is 14.9. The van der Waals surface area contributed by atoms with Crippen molar-refractivity contribution in [2.75, 3.05) is 0 Å². The summed E-state index contributed by atoms with van der Waals surface area (Å²) in [6.45, 7) is 8.12. The second-order valence-electron chi connectivity index (χ2n) is 27.8. The Bertz CT molecular complexity index is 7330. The lowest BCUT2D eigenvalue weighted by Crippen LogP contribution is -2.24. The van der Waals surface area contributed by atoms with Gasteiger partial charge in [0.15, 0.2) is 0 Å². The van der Waals surface area contributed by atoms with Crippen LogP contribution in [0.1, 0.15) is 52.5 Å². The van der Waals surface area contributed by atoms with Gasteiger partial charge in [-0.25, -0.2) is 9.64 Å². The van der Waals surface area contributed by atoms with Gasteiger partial charge in [-0.05, 0) is 140 Å². The van der Waals surface area contributed by atoms with Gasteiger partial charge in [0, 0.05) is 93.4 Å². The standard InChI is InChI=1S/C21H15N3O2S.C19H15N3OS.C17H11N3S.C17H15N3S.C17H12N2O2S/c25-20(22-12-16-6-3-9-26-16)18-11-17-19(23-24-21(17)27-18)15-8-7-13-4-1-2-5-14(13)10-15;23-18(20-14-7-8-14)16-10-15-17(21-22-19(15)24-16)13-6-5-11-3-1-2-4-12(11)9-13;1-18-15-10-14-16(19-20(2)17(14)21-15)13-8-7-11-5-3-4-6-12(11)9-13;1-20-17-15(9-14(10-18)21-17)16(19-20)13-7-6-11-4-2-3-5-12(11)8-13;1-19-16-13(9-14(22-16)17(20)21)15(18-19)12-7-6-10-4-2-3-5-11(10)8-12/h1-11H,12H2,(H,22,25)(H,23,24);1-6,9-10,14H,7-8H2,(H,20,23)(H,21,22);3-10H,2H3;2-9H,10,18H2,1H3;2-9H,1H3,(H,20,21). The summed E-state index contributed by atoms with van der Waals surface area (Å²) in [6, 6.07) is 86.8. The summed E-state index contributed by atoms with van der Waals surface area (Å²) >= 11 is 7.28. The minimum absolute atomic E-state index is 0.0185. The van der Waals surface area contributed by atoms with Crippen molar-refractivity contribution in [3.05, 3.63) is 298 Å². The molecule has 1 saturated carbocycles. The molecule has 21 aromatic rings. The number of hydrogen-bond donors (Lipinski definition) is 6. The van der Waals surface area contributed by atoms with Gasteiger partial charge in [0.2, 0.25) is 5.00 Å². The number of aryl methyl sites for hydroxylation is 3. The highest BCUT2D eigenvalue weighted by molar-refractivity contribution is 7.23. The third-order valence-corrected chi connectivity index (χ3v) is 25.7. The number of fused-ring (bicyclic) bond motifs is 10. The monoisotopic (exact) mass is 1600 g/mol. The molecular weight excluding hydrogens is 1530 g/mol. The molecule has 19 nitrogen and oxygen atoms in total. The summed E-state index contributed by atoms with van der Waals surface area (Å²) in [4.78, 5) is 47.1. The number of benzene rings is 10. The van der Waals surface area contributed by atoms with E-state index in [1.165, 1.54) is 109 Å². The molecule has 11 heterocycles. The van der Waals surface area contributed by atoms with Gasteiger partial charge in [-0.1, -0.05) is 182 Å². The number of aromatic amines is 2. The van der Waals surface area contributed by atoms with Crippen LogP contribution in [0.2, 0.25) is 0 Å². The number of aromatic carboxylic acids is 1. The van der Waals surface area contributed by atoms with Crippen molar-refractivity contribution in [2.45, 2.75) is 32.0 Å². The average Bonchev–Trinajstić information content (AvgIpc) is 1.64. The van der Waals surface area contributed by atoms with Gasteiger partial charge >= 0.3 is 5.97 Å². The molecule has 0 unspecified atom stereocenters. The fourth-order valence-electron chi connectivity index (χ4n) is 14.2. The topological polar surface area (TPSA) is 250 Å². The molecule has 7 N–H and O–H groups in total. The van der Waals surface area contributed by atoms with E-state index < -0.39 is 5.97 Å². The number of amides is 2. The summed E-state index contributed by atoms with van der Waals surface area (Å²) in [5, 5.41) is 61.8. The Labute approximate surface area is 676 Å². The fourth-order valence-corrected chi connectivity index (χ4v) is 18.7. The number of nitrogens with two attached hydrogens (primary N) is 1. The first-order valence-electron chi connectivity index (χ1n) is 36.9. The first kappa shape index (κ1) is 73.0. The highest BCUT2D eigenvalue weighted by Gasteiger charge is 2.26. The van der Waals surface area contributed by atoms with Crippen LogP contribution in [0.25, 0.3) is 166 Å². The van der Waals surface area contributed by atoms with Crippen LogP contribution in [0.5, 0.6) is 0 Å². The minimum atomic E-state index is -0.898. The average molecular weight is 1600 g/mol. The normalized spacial score (nSPS) is 11.9. The second kappa shape index (κ2) is 31.2. The van der Waals surface area contributed by atoms with Crippen LogP contribution < -0.4 is 16.4 Å². The van der Waals surface area contributed by atoms with E-state index in [9.17, 15) is 19.5 Å². The Morgan fingerprint density at radius 2 is 0.852 bits per heavy atom. The Morgan fingerprint density at radius 3 is 1.27 bits per heavy atom. The van der Waals surface area contributed by atoms with E-state index >= 15 is 0 Å². The maximum absolute atomic E-state index is 12.4. The Morgan fingerprint density at radius 1 is 0.461 bits per heavy atom. The lowest BCUT2D eigenvalue weighted by atomic mass is 10.0. The zero-order valence-electron chi connectivity index (χ0n) is 62.0. The molecule has 0 saturated heterocycles. The lowest BCUT2D eigenvalue weighted by molar-refractivity contribution is 0.0701. The number of H-pyrrole nitrogens is 2. The summed E-state index contributed by atoms with van der Waals surface area (Å²) < 4.78 is 10.8. The highest BCUT2D eigenvalue weighted by atomic mass is 32.1. The number of nitrogens with one attached hydrogen (secondary N) is 4. The van der Waals surface area contributed by atoms with E-state index in [0.29, 0.717) is 33.9 Å². The van der Waals surface area contributed by atoms with Crippen LogP contribution in [-0.2, 0) is 34.2 Å². The number of nitrogens with zero attached hydrogens (tertiary/aromatic N) is 9. The maximum atomic E-state index is 12.4. The number of carbonyl (C=O) groups is 3. The Kier molecular flexibility index (Phi) is 19.8. The largest absolute Gasteiger partial charge is 0.477 e. The fraction of sp³-hybridized carbons (Fsp3) is 0.0879. The first-order chi connectivity index (χ1) is 56.2. The molecule has 1 fully saturated rings. The van der Waals surface area contributed by atoms with E-state index in [0.717, 1.165) is 126 Å². The number of thiophene rings is 5. The summed E-state index contributed by atoms with van der Waals surface area (Å²) in [5.74, 6) is -0.281. The van der Waals surface area contributed by atoms with Crippen LogP contribution in [0.4, 0.5) is 5.00 Å². The molecule has 1 aliphatic carbocycles. The van der Waals surface area contributed by atoms with Crippen molar-refractivity contribution in [2.24, 2.45) is 26.9 Å². The van der Waals surface area contributed by atoms with Crippen molar-refractivity contribution >= 4 is 184 Å². The SMILES string of the molecule is Cn1nc(-c2ccc3ccccc3c2)c2cc(C(=O)O)sc21.Cn1nc(-c2ccc3ccccc3c2)c2cc(CN)sc21.O=C(NC1CC1)c1cc2c(-c3ccc4ccccc4c3)[nH]nc2s1.O=C(NCc1ccco1)c1cc2c(-c3ccc4ccccc4c3)[nH]nc2s1.[C-]#[N+]c1cc2c(-c3ccc4ccccc4c3)nn(C)c2s1. The number of rotatable bonds is 12. The van der Waals surface area contributed by atoms with Gasteiger partial charge < -0.3 is 25.9 Å². The molecule has 0 radical (unpaired) electrons. The first-order valence-corrected chi connectivity index (χ1v) is 41.0. The van der Waals surface area contributed by atoms with Crippen LogP contribution in [0.15, 0.2) is 265 Å². The predicted molar refractivity (Wildman–Crippen MR) is 470 cm³/mol. The molecule has 11 aromatic heterocycles. The number of hydrogen-bond acceptors (Lipinski definition) is 15. The van der Waals surface area contributed by atoms with Crippen LogP contribution in [0.3, 0.4) is 0 Å². The molecule has 0 aliphatic heterocycles. The molecule has 2 amide bonds. The predicted octanol–water partition coefficient (Wildman–Crippen LogP) is 22.4. The van der Waals surface area contributed by atoms with E-state index in [1.807, 2.05) is 109 Å². The molecular formula is C91H68N14O5S5. The van der Waals surface area contributed by atoms with Crippen LogP contribution in [0, 0.1) is 6.57 Å². The second-order valence-corrected chi connectivity index (χ2v) is 33.0. The number of carboxylic acid groups (broad SMARTS) is 1. The summed E-state index contributed by atoms with van der Waals surface area (Å²) in [5.41, 5.74) is 15.9. The number of carboxylic acids is 1. The van der Waals surface area contributed by atoms with Gasteiger partial charge in [-0.3, -0.25) is 33.8 Å². The zero-order valence-corrected chi connectivity index (χ0v) is 66.0. The van der Waals surface area contributed by atoms with E-state index in [-0.39, 0.29) is 11.8 Å². The zero-order chi connectivity index (χ0) is 78.4. The third-order valence-electron chi connectivity index (χ3n) is 20.1. The Balaban J connectivity index is 0.000000100. The molecule has 1 aliphatic rings. The number of carbonyl (C=O) groups excluding carboxylic acids is 2. The molecule has 10 aromatic carbocycles. The van der Waals surface area contributed by atoms with E-state index in [4.69, 9.17) is 16.7 Å². The van der Waals surface area contributed by atoms with Crippen molar-refractivity contribution in [1.29, 1.82) is 0 Å². The molecule has 115 heavy (non-hydrogen) atoms. The van der Waals surface area contributed by atoms with Crippen LogP contribution in [-0.4, -0.2) is 78.7 Å². The molecule has 562 valence electrons. The summed E-state index contributed by atoms with van der Waals surface area (Å²) in [6.07, 6.45) is 3.78. The lowest BCUT2D eigenvalue weighted by Gasteiger charge is -2.02. The van der Waals surface area contributed by atoms with Crippen molar-refractivity contribution in [1.82, 2.24) is 60.4 Å². The van der Waals surface area contributed by atoms with Gasteiger partial charge in [0.1, 0.15) is 46.2 Å². The van der Waals surface area contributed by atoms with Crippen molar-refractivity contribution < 1.29 is 23.9 Å². The van der Waals surface area contributed by atoms with Crippen molar-refractivity contribution in [3.63, 3.8) is 0 Å². The Hall–Kier alpha value is -13.5. The van der Waals surface area contributed by atoms with Crippen molar-refractivity contribution in [3.8, 4) is 56.3 Å².